The highest BCUT2D eigenvalue weighted by atomic mass is 16.3. The average molecular weight is 234 g/mol. The van der Waals surface area contributed by atoms with Gasteiger partial charge in [0, 0.05) is 19.6 Å². The molecule has 1 aromatic rings. The van der Waals surface area contributed by atoms with Gasteiger partial charge in [-0.2, -0.15) is 0 Å². The number of hydrogen-bond donors (Lipinski definition) is 2. The number of likely N-dealkylation sites (N-methyl/N-ethyl adjacent to an activating group) is 1. The number of carbonyl (C=O) groups is 1. The quantitative estimate of drug-likeness (QED) is 0.826. The van der Waals surface area contributed by atoms with Crippen LogP contribution < -0.4 is 5.32 Å². The molecule has 4 heteroatoms. The molecule has 1 unspecified atom stereocenters. The molecule has 0 aliphatic carbocycles. The van der Waals surface area contributed by atoms with Crippen molar-refractivity contribution in [3.63, 3.8) is 0 Å². The molecule has 1 aliphatic rings. The van der Waals surface area contributed by atoms with Crippen molar-refractivity contribution < 1.29 is 9.90 Å². The molecule has 17 heavy (non-hydrogen) atoms. The molecule has 0 spiro atoms. The van der Waals surface area contributed by atoms with Crippen LogP contribution in [0.25, 0.3) is 0 Å². The maximum Gasteiger partial charge on any atom is 0.257 e. The fourth-order valence-electron chi connectivity index (χ4n) is 2.19. The highest BCUT2D eigenvalue weighted by Crippen LogP contribution is 2.18. The van der Waals surface area contributed by atoms with Gasteiger partial charge < -0.3 is 15.3 Å². The van der Waals surface area contributed by atoms with Crippen molar-refractivity contribution in [3.05, 3.63) is 29.8 Å². The predicted octanol–water partition coefficient (Wildman–Crippen LogP) is 1.22. The van der Waals surface area contributed by atoms with Crippen LogP contribution in [0, 0.1) is 0 Å². The lowest BCUT2D eigenvalue weighted by Crippen LogP contribution is -2.38. The molecular formula is C13H18N2O2. The summed E-state index contributed by atoms with van der Waals surface area (Å²) in [7, 11) is 1.77. The molecule has 1 saturated heterocycles. The summed E-state index contributed by atoms with van der Waals surface area (Å²) in [6.07, 6.45) is 2.28. The zero-order valence-corrected chi connectivity index (χ0v) is 10.0. The molecule has 0 saturated carbocycles. The van der Waals surface area contributed by atoms with E-state index in [1.165, 1.54) is 12.5 Å². The third-order valence-electron chi connectivity index (χ3n) is 3.14. The van der Waals surface area contributed by atoms with Crippen LogP contribution in [-0.4, -0.2) is 42.1 Å². The molecule has 92 valence electrons. The lowest BCUT2D eigenvalue weighted by atomic mass is 10.1. The summed E-state index contributed by atoms with van der Waals surface area (Å²) in [6, 6.07) is 7.04. The zero-order chi connectivity index (χ0) is 12.3. The third kappa shape index (κ3) is 2.77. The van der Waals surface area contributed by atoms with Crippen molar-refractivity contribution >= 4 is 5.91 Å². The van der Waals surface area contributed by atoms with Gasteiger partial charge >= 0.3 is 0 Å². The van der Waals surface area contributed by atoms with Gasteiger partial charge in [0.1, 0.15) is 5.75 Å². The Morgan fingerprint density at radius 1 is 1.53 bits per heavy atom. The molecule has 0 bridgehead atoms. The van der Waals surface area contributed by atoms with Gasteiger partial charge in [-0.15, -0.1) is 0 Å². The van der Waals surface area contributed by atoms with Crippen LogP contribution in [0.3, 0.4) is 0 Å². The lowest BCUT2D eigenvalue weighted by molar-refractivity contribution is 0.0781. The number of rotatable bonds is 3. The number of nitrogens with one attached hydrogen (secondary N) is 1. The van der Waals surface area contributed by atoms with Crippen molar-refractivity contribution in [2.24, 2.45) is 0 Å². The second kappa shape index (κ2) is 5.19. The van der Waals surface area contributed by atoms with Crippen molar-refractivity contribution in [2.75, 3.05) is 20.1 Å². The highest BCUT2D eigenvalue weighted by Gasteiger charge is 2.20. The first-order valence-electron chi connectivity index (χ1n) is 5.95. The molecular weight excluding hydrogens is 216 g/mol. The van der Waals surface area contributed by atoms with E-state index in [2.05, 4.69) is 5.32 Å². The van der Waals surface area contributed by atoms with Gasteiger partial charge in [0.25, 0.3) is 5.91 Å². The fourth-order valence-corrected chi connectivity index (χ4v) is 2.19. The summed E-state index contributed by atoms with van der Waals surface area (Å²) >= 11 is 0. The fraction of sp³-hybridized carbons (Fsp3) is 0.462. The number of benzene rings is 1. The zero-order valence-electron chi connectivity index (χ0n) is 10.0. The molecule has 4 nitrogen and oxygen atoms in total. The lowest BCUT2D eigenvalue weighted by Gasteiger charge is -2.21. The second-order valence-corrected chi connectivity index (χ2v) is 4.50. The number of amides is 1. The molecule has 1 aromatic carbocycles. The molecule has 1 amide bonds. The van der Waals surface area contributed by atoms with Crippen LogP contribution in [0.15, 0.2) is 24.3 Å². The molecule has 1 heterocycles. The maximum absolute atomic E-state index is 12.1. The topological polar surface area (TPSA) is 52.6 Å². The second-order valence-electron chi connectivity index (χ2n) is 4.50. The first-order chi connectivity index (χ1) is 8.18. The van der Waals surface area contributed by atoms with Crippen LogP contribution in [-0.2, 0) is 0 Å². The number of carbonyl (C=O) groups excluding carboxylic acids is 1. The monoisotopic (exact) mass is 234 g/mol. The smallest absolute Gasteiger partial charge is 0.257 e. The Balaban J connectivity index is 2.01. The van der Waals surface area contributed by atoms with Crippen LogP contribution in [0.4, 0.5) is 0 Å². The van der Waals surface area contributed by atoms with Crippen molar-refractivity contribution in [1.29, 1.82) is 0 Å². The van der Waals surface area contributed by atoms with Gasteiger partial charge in [0.05, 0.1) is 5.56 Å². The minimum Gasteiger partial charge on any atom is -0.507 e. The Hall–Kier alpha value is -1.55. The van der Waals surface area contributed by atoms with Crippen molar-refractivity contribution in [2.45, 2.75) is 18.9 Å². The predicted molar refractivity (Wildman–Crippen MR) is 66.1 cm³/mol. The van der Waals surface area contributed by atoms with Gasteiger partial charge in [0.15, 0.2) is 0 Å². The molecule has 2 N–H and O–H groups in total. The molecule has 1 fully saturated rings. The van der Waals surface area contributed by atoms with Gasteiger partial charge in [-0.1, -0.05) is 12.1 Å². The van der Waals surface area contributed by atoms with E-state index in [1.807, 2.05) is 0 Å². The van der Waals surface area contributed by atoms with Crippen molar-refractivity contribution in [3.8, 4) is 5.75 Å². The SMILES string of the molecule is CN(CC1CCCN1)C(=O)c1ccccc1O. The number of nitrogens with zero attached hydrogens (tertiary/aromatic N) is 1. The highest BCUT2D eigenvalue weighted by molar-refractivity contribution is 5.96. The Bertz CT molecular complexity index is 400. The molecule has 1 atom stereocenters. The summed E-state index contributed by atoms with van der Waals surface area (Å²) in [5, 5.41) is 13.0. The summed E-state index contributed by atoms with van der Waals surface area (Å²) in [6.45, 7) is 1.72. The van der Waals surface area contributed by atoms with E-state index in [4.69, 9.17) is 0 Å². The summed E-state index contributed by atoms with van der Waals surface area (Å²) in [5.74, 6) is -0.0828. The van der Waals surface area contributed by atoms with Gasteiger partial charge in [0.2, 0.25) is 0 Å². The van der Waals surface area contributed by atoms with Crippen LogP contribution in [0.1, 0.15) is 23.2 Å². The van der Waals surface area contributed by atoms with E-state index in [1.54, 1.807) is 30.1 Å². The third-order valence-corrected chi connectivity index (χ3v) is 3.14. The maximum atomic E-state index is 12.1. The summed E-state index contributed by atoms with van der Waals surface area (Å²) < 4.78 is 0. The number of aromatic hydroxyl groups is 1. The van der Waals surface area contributed by atoms with E-state index in [-0.39, 0.29) is 11.7 Å². The van der Waals surface area contributed by atoms with Crippen LogP contribution in [0.2, 0.25) is 0 Å². The minimum atomic E-state index is -0.128. The Morgan fingerprint density at radius 2 is 2.29 bits per heavy atom. The number of phenols is 1. The molecule has 0 radical (unpaired) electrons. The Labute approximate surface area is 101 Å². The minimum absolute atomic E-state index is 0.0451. The number of phenolic OH excluding ortho intramolecular Hbond substituents is 1. The van der Waals surface area contributed by atoms with E-state index in [9.17, 15) is 9.90 Å². The van der Waals surface area contributed by atoms with Gasteiger partial charge in [-0.3, -0.25) is 4.79 Å². The average Bonchev–Trinajstić information content (AvgIpc) is 2.81. The first-order valence-corrected chi connectivity index (χ1v) is 5.95. The van der Waals surface area contributed by atoms with Crippen LogP contribution >= 0.6 is 0 Å². The molecule has 0 aromatic heterocycles. The number of para-hydroxylation sites is 1. The van der Waals surface area contributed by atoms with E-state index in [0.29, 0.717) is 18.2 Å². The van der Waals surface area contributed by atoms with Gasteiger partial charge in [-0.25, -0.2) is 0 Å². The summed E-state index contributed by atoms with van der Waals surface area (Å²) in [5.41, 5.74) is 0.369. The summed E-state index contributed by atoms with van der Waals surface area (Å²) in [4.78, 5) is 13.8. The van der Waals surface area contributed by atoms with Crippen molar-refractivity contribution in [1.82, 2.24) is 10.2 Å². The Kier molecular flexibility index (Phi) is 3.64. The largest absolute Gasteiger partial charge is 0.507 e. The van der Waals surface area contributed by atoms with Crippen LogP contribution in [0.5, 0.6) is 5.75 Å². The number of hydrogen-bond acceptors (Lipinski definition) is 3. The first kappa shape index (κ1) is 11.9. The molecule has 1 aliphatic heterocycles. The molecule has 2 rings (SSSR count). The van der Waals surface area contributed by atoms with E-state index >= 15 is 0 Å². The van der Waals surface area contributed by atoms with E-state index in [0.717, 1.165) is 13.0 Å². The van der Waals surface area contributed by atoms with Gasteiger partial charge in [-0.05, 0) is 31.5 Å². The van der Waals surface area contributed by atoms with E-state index < -0.39 is 0 Å². The Morgan fingerprint density at radius 3 is 2.94 bits per heavy atom. The standard InChI is InChI=1S/C13H18N2O2/c1-15(9-10-5-4-8-14-10)13(17)11-6-2-3-7-12(11)16/h2-3,6-7,10,14,16H,4-5,8-9H2,1H3. The normalized spacial score (nSPS) is 19.2.